The fraction of sp³-hybridized carbons (Fsp3) is 0.458. The Morgan fingerprint density at radius 1 is 1.00 bits per heavy atom. The van der Waals surface area contributed by atoms with Crippen molar-refractivity contribution in [3.8, 4) is 11.5 Å². The maximum absolute atomic E-state index is 13.0. The Morgan fingerprint density at radius 3 is 2.36 bits per heavy atom. The minimum Gasteiger partial charge on any atom is -0.490 e. The number of anilines is 2. The van der Waals surface area contributed by atoms with E-state index in [0.29, 0.717) is 42.6 Å². The van der Waals surface area contributed by atoms with Crippen molar-refractivity contribution in [2.24, 2.45) is 0 Å². The molecular weight excluding hydrogens is 442 g/mol. The van der Waals surface area contributed by atoms with Crippen molar-refractivity contribution in [3.05, 3.63) is 42.5 Å². The lowest BCUT2D eigenvalue weighted by atomic mass is 10.2. The van der Waals surface area contributed by atoms with Gasteiger partial charge in [-0.15, -0.1) is 0 Å². The normalized spacial score (nSPS) is 14.1. The van der Waals surface area contributed by atoms with E-state index in [-0.39, 0.29) is 11.5 Å². The summed E-state index contributed by atoms with van der Waals surface area (Å²) in [5.41, 5.74) is 1.09. The number of unbranched alkanes of at least 4 members (excludes halogenated alkanes) is 1. The summed E-state index contributed by atoms with van der Waals surface area (Å²) in [4.78, 5) is 12.9. The van der Waals surface area contributed by atoms with Crippen molar-refractivity contribution >= 4 is 27.3 Å². The zero-order valence-corrected chi connectivity index (χ0v) is 20.1. The van der Waals surface area contributed by atoms with E-state index in [9.17, 15) is 13.2 Å². The van der Waals surface area contributed by atoms with Gasteiger partial charge in [-0.25, -0.2) is 8.42 Å². The molecule has 0 saturated carbocycles. The third kappa shape index (κ3) is 6.61. The molecule has 1 saturated heterocycles. The predicted molar refractivity (Wildman–Crippen MR) is 130 cm³/mol. The number of hydrogen-bond acceptors (Lipinski definition) is 6. The van der Waals surface area contributed by atoms with E-state index in [1.807, 2.05) is 13.0 Å². The summed E-state index contributed by atoms with van der Waals surface area (Å²) < 4.78 is 38.7. The molecule has 180 valence electrons. The Balaban J connectivity index is 1.76. The van der Waals surface area contributed by atoms with E-state index in [4.69, 9.17) is 9.47 Å². The third-order valence-corrected chi connectivity index (χ3v) is 7.22. The highest BCUT2D eigenvalue weighted by molar-refractivity contribution is 7.89. The molecule has 33 heavy (non-hydrogen) atoms. The van der Waals surface area contributed by atoms with Crippen molar-refractivity contribution < 1.29 is 22.7 Å². The monoisotopic (exact) mass is 475 g/mol. The molecule has 1 aliphatic heterocycles. The Kier molecular flexibility index (Phi) is 8.96. The second kappa shape index (κ2) is 11.9. The predicted octanol–water partition coefficient (Wildman–Crippen LogP) is 4.10. The lowest BCUT2D eigenvalue weighted by molar-refractivity contribution is -0.118. The van der Waals surface area contributed by atoms with Crippen LogP contribution in [0.15, 0.2) is 47.4 Å². The summed E-state index contributed by atoms with van der Waals surface area (Å²) in [5.74, 6) is 0.644. The maximum atomic E-state index is 13.0. The summed E-state index contributed by atoms with van der Waals surface area (Å²) >= 11 is 0. The Bertz CT molecular complexity index is 1040. The quantitative estimate of drug-likeness (QED) is 0.449. The molecule has 2 aromatic rings. The Labute approximate surface area is 196 Å². The fourth-order valence-corrected chi connectivity index (χ4v) is 5.14. The number of ether oxygens (including phenoxy) is 2. The van der Waals surface area contributed by atoms with Crippen molar-refractivity contribution in [2.75, 3.05) is 43.5 Å². The van der Waals surface area contributed by atoms with Crippen LogP contribution in [-0.2, 0) is 14.8 Å². The van der Waals surface area contributed by atoms with Crippen molar-refractivity contribution in [3.63, 3.8) is 0 Å². The number of para-hydroxylation sites is 2. The van der Waals surface area contributed by atoms with Crippen LogP contribution in [0.25, 0.3) is 0 Å². The molecule has 0 aromatic heterocycles. The molecule has 0 bridgehead atoms. The molecule has 2 aromatic carbocycles. The smallest absolute Gasteiger partial charge is 0.262 e. The van der Waals surface area contributed by atoms with Crippen LogP contribution < -0.4 is 20.1 Å². The number of amides is 1. The van der Waals surface area contributed by atoms with Gasteiger partial charge in [-0.2, -0.15) is 4.31 Å². The lowest BCUT2D eigenvalue weighted by Gasteiger charge is -2.19. The zero-order chi connectivity index (χ0) is 23.7. The van der Waals surface area contributed by atoms with Crippen LogP contribution in [0.2, 0.25) is 0 Å². The van der Waals surface area contributed by atoms with Crippen molar-refractivity contribution in [2.45, 2.75) is 44.4 Å². The molecule has 0 unspecified atom stereocenters. The van der Waals surface area contributed by atoms with E-state index >= 15 is 0 Å². The van der Waals surface area contributed by atoms with Crippen LogP contribution in [0.4, 0.5) is 11.4 Å². The molecule has 0 radical (unpaired) electrons. The number of carbonyl (C=O) groups excluding carboxylic acids is 1. The topological polar surface area (TPSA) is 97.0 Å². The number of rotatable bonds is 12. The van der Waals surface area contributed by atoms with Crippen LogP contribution in [0.1, 0.15) is 39.5 Å². The number of nitrogens with one attached hydrogen (secondary N) is 2. The van der Waals surface area contributed by atoms with Crippen LogP contribution >= 0.6 is 0 Å². The van der Waals surface area contributed by atoms with Gasteiger partial charge in [0.25, 0.3) is 5.91 Å². The highest BCUT2D eigenvalue weighted by Gasteiger charge is 2.28. The van der Waals surface area contributed by atoms with Crippen LogP contribution in [0.3, 0.4) is 0 Å². The largest absolute Gasteiger partial charge is 0.490 e. The van der Waals surface area contributed by atoms with Gasteiger partial charge in [0.1, 0.15) is 0 Å². The van der Waals surface area contributed by atoms with Gasteiger partial charge in [0.05, 0.1) is 22.9 Å². The first-order valence-electron chi connectivity index (χ1n) is 11.5. The Hall–Kier alpha value is -2.78. The summed E-state index contributed by atoms with van der Waals surface area (Å²) in [7, 11) is -3.60. The highest BCUT2D eigenvalue weighted by Crippen LogP contribution is 2.29. The molecule has 3 rings (SSSR count). The molecular formula is C24H33N3O5S. The average molecular weight is 476 g/mol. The number of carbonyl (C=O) groups is 1. The SMILES string of the molecule is CCCCNc1ccc(S(=O)(=O)N2CCCC2)cc1NC(=O)COc1ccccc1OCC. The van der Waals surface area contributed by atoms with Gasteiger partial charge in [-0.3, -0.25) is 4.79 Å². The first-order valence-corrected chi connectivity index (χ1v) is 12.9. The van der Waals surface area contributed by atoms with Gasteiger partial charge in [0.2, 0.25) is 10.0 Å². The molecule has 1 fully saturated rings. The molecule has 0 spiro atoms. The van der Waals surface area contributed by atoms with Crippen LogP contribution in [0, 0.1) is 0 Å². The van der Waals surface area contributed by atoms with Gasteiger partial charge in [-0.1, -0.05) is 25.5 Å². The van der Waals surface area contributed by atoms with E-state index in [1.54, 1.807) is 30.3 Å². The van der Waals surface area contributed by atoms with E-state index in [0.717, 1.165) is 32.2 Å². The molecule has 0 aliphatic carbocycles. The van der Waals surface area contributed by atoms with Crippen LogP contribution in [-0.4, -0.2) is 51.5 Å². The zero-order valence-electron chi connectivity index (χ0n) is 19.3. The van der Waals surface area contributed by atoms with Crippen LogP contribution in [0.5, 0.6) is 11.5 Å². The van der Waals surface area contributed by atoms with E-state index in [1.165, 1.54) is 10.4 Å². The second-order valence-electron chi connectivity index (χ2n) is 7.82. The van der Waals surface area contributed by atoms with E-state index < -0.39 is 15.9 Å². The van der Waals surface area contributed by atoms with Gasteiger partial charge in [0, 0.05) is 19.6 Å². The summed E-state index contributed by atoms with van der Waals surface area (Å²) in [6, 6.07) is 12.0. The standard InChI is InChI=1S/C24H33N3O5S/c1-3-5-14-25-20-13-12-19(33(29,30)27-15-8-9-16-27)17-21(20)26-24(28)18-32-23-11-7-6-10-22(23)31-4-2/h6-7,10-13,17,25H,3-5,8-9,14-16,18H2,1-2H3,(H,26,28). The third-order valence-electron chi connectivity index (χ3n) is 5.32. The second-order valence-corrected chi connectivity index (χ2v) is 9.75. The number of nitrogens with zero attached hydrogens (tertiary/aromatic N) is 1. The minimum absolute atomic E-state index is 0.170. The van der Waals surface area contributed by atoms with Gasteiger partial charge >= 0.3 is 0 Å². The van der Waals surface area contributed by atoms with Gasteiger partial charge in [-0.05, 0) is 56.5 Å². The van der Waals surface area contributed by atoms with Crippen molar-refractivity contribution in [1.29, 1.82) is 0 Å². The fourth-order valence-electron chi connectivity index (χ4n) is 3.59. The maximum Gasteiger partial charge on any atom is 0.262 e. The lowest BCUT2D eigenvalue weighted by Crippen LogP contribution is -2.28. The molecule has 2 N–H and O–H groups in total. The first kappa shape index (κ1) is 24.9. The number of sulfonamides is 1. The summed E-state index contributed by atoms with van der Waals surface area (Å²) in [5, 5.41) is 6.10. The molecule has 0 atom stereocenters. The summed E-state index contributed by atoms with van der Waals surface area (Å²) in [6.45, 7) is 5.98. The molecule has 1 heterocycles. The Morgan fingerprint density at radius 2 is 1.70 bits per heavy atom. The molecule has 1 aliphatic rings. The van der Waals surface area contributed by atoms with Crippen molar-refractivity contribution in [1.82, 2.24) is 4.31 Å². The average Bonchev–Trinajstić information content (AvgIpc) is 3.36. The highest BCUT2D eigenvalue weighted by atomic mass is 32.2. The molecule has 1 amide bonds. The minimum atomic E-state index is -3.60. The number of benzene rings is 2. The number of hydrogen-bond donors (Lipinski definition) is 2. The molecule has 9 heteroatoms. The molecule has 8 nitrogen and oxygen atoms in total. The first-order chi connectivity index (χ1) is 16.0. The van der Waals surface area contributed by atoms with E-state index in [2.05, 4.69) is 17.6 Å². The summed E-state index contributed by atoms with van der Waals surface area (Å²) in [6.07, 6.45) is 3.70. The van der Waals surface area contributed by atoms with Gasteiger partial charge in [0.15, 0.2) is 18.1 Å². The van der Waals surface area contributed by atoms with Gasteiger partial charge < -0.3 is 20.1 Å².